The average Bonchev–Trinajstić information content (AvgIpc) is 3.39. The van der Waals surface area contributed by atoms with Crippen molar-refractivity contribution in [2.24, 2.45) is 0 Å². The van der Waals surface area contributed by atoms with E-state index < -0.39 is 9.84 Å². The molecule has 3 aromatic carbocycles. The maximum absolute atomic E-state index is 13.4. The van der Waals surface area contributed by atoms with Crippen molar-refractivity contribution < 1.29 is 22.3 Å². The summed E-state index contributed by atoms with van der Waals surface area (Å²) in [6.07, 6.45) is 6.27. The Labute approximate surface area is 237 Å². The predicted molar refractivity (Wildman–Crippen MR) is 154 cm³/mol. The van der Waals surface area contributed by atoms with Crippen molar-refractivity contribution in [1.29, 1.82) is 0 Å². The van der Waals surface area contributed by atoms with Gasteiger partial charge in [0.15, 0.2) is 0 Å². The molecule has 8 nitrogen and oxygen atoms in total. The maximum atomic E-state index is 13.4. The Morgan fingerprint density at radius 3 is 2.75 bits per heavy atom. The summed E-state index contributed by atoms with van der Waals surface area (Å²) in [6.45, 7) is 1.09. The number of hydrogen-bond acceptors (Lipinski definition) is 8. The second kappa shape index (κ2) is 12.3. The number of aromatic nitrogens is 2. The van der Waals surface area contributed by atoms with Crippen LogP contribution in [0.5, 0.6) is 5.75 Å². The fraction of sp³-hybridized carbons (Fsp3) is 0.241. The molecule has 2 N–H and O–H groups in total. The number of fused-ring (bicyclic) bond motifs is 1. The van der Waals surface area contributed by atoms with E-state index in [1.54, 1.807) is 24.3 Å². The van der Waals surface area contributed by atoms with Gasteiger partial charge in [-0.05, 0) is 53.6 Å². The molecule has 2 unspecified atom stereocenters. The van der Waals surface area contributed by atoms with Gasteiger partial charge in [0.2, 0.25) is 0 Å². The van der Waals surface area contributed by atoms with Crippen LogP contribution in [-0.2, 0) is 21.2 Å². The normalized spacial score (nSPS) is 16.9. The summed E-state index contributed by atoms with van der Waals surface area (Å²) < 4.78 is 48.0. The third-order valence-electron chi connectivity index (χ3n) is 6.28. The molecule has 0 spiro atoms. The minimum absolute atomic E-state index is 0.0865. The van der Waals surface area contributed by atoms with Gasteiger partial charge in [0.25, 0.3) is 0 Å². The molecule has 1 aliphatic heterocycles. The Kier molecular flexibility index (Phi) is 8.60. The third kappa shape index (κ3) is 7.33. The van der Waals surface area contributed by atoms with Crippen molar-refractivity contribution in [3.63, 3.8) is 0 Å². The molecule has 208 valence electrons. The molecule has 0 saturated carbocycles. The van der Waals surface area contributed by atoms with Gasteiger partial charge in [-0.25, -0.2) is 22.8 Å². The number of hydrogen-bond donors (Lipinski definition) is 2. The van der Waals surface area contributed by atoms with Crippen molar-refractivity contribution in [1.82, 2.24) is 15.3 Å². The third-order valence-corrected chi connectivity index (χ3v) is 7.52. The number of anilines is 2. The molecule has 1 aliphatic rings. The summed E-state index contributed by atoms with van der Waals surface area (Å²) in [5.41, 5.74) is 3.13. The molecule has 0 fully saturated rings. The van der Waals surface area contributed by atoms with Crippen molar-refractivity contribution >= 4 is 43.8 Å². The van der Waals surface area contributed by atoms with Gasteiger partial charge in [0.1, 0.15) is 46.3 Å². The van der Waals surface area contributed by atoms with Crippen LogP contribution >= 0.6 is 11.6 Å². The summed E-state index contributed by atoms with van der Waals surface area (Å²) in [4.78, 5) is 8.83. The predicted octanol–water partition coefficient (Wildman–Crippen LogP) is 5.38. The topological polar surface area (TPSA) is 102 Å². The van der Waals surface area contributed by atoms with Crippen molar-refractivity contribution in [2.75, 3.05) is 30.4 Å². The molecule has 0 bridgehead atoms. The standard InChI is InChI=1S/C29H28ClFN4O4S/c1-40(36,37)12-11-32-16-23-7-10-27(39-23)20-5-8-26-24(14-20)29(34-18-33-26)35-22-6-9-28(25(30)15-22)38-17-19-3-2-4-21(31)13-19/h2-10,13-15,18,23,27,32H,11-12,16-17H2,1H3,(H,33,34,35). The van der Waals surface area contributed by atoms with E-state index in [0.717, 1.165) is 16.5 Å². The zero-order valence-electron chi connectivity index (χ0n) is 21.7. The number of nitrogens with one attached hydrogen (secondary N) is 2. The first-order valence-electron chi connectivity index (χ1n) is 12.6. The van der Waals surface area contributed by atoms with E-state index in [1.165, 1.54) is 24.7 Å². The van der Waals surface area contributed by atoms with E-state index in [1.807, 2.05) is 36.4 Å². The van der Waals surface area contributed by atoms with Crippen LogP contribution in [0.3, 0.4) is 0 Å². The van der Waals surface area contributed by atoms with Gasteiger partial charge in [-0.15, -0.1) is 0 Å². The molecule has 0 aliphatic carbocycles. The lowest BCUT2D eigenvalue weighted by Gasteiger charge is -2.16. The Morgan fingerprint density at radius 2 is 1.95 bits per heavy atom. The summed E-state index contributed by atoms with van der Waals surface area (Å²) in [5, 5.41) is 7.66. The van der Waals surface area contributed by atoms with Gasteiger partial charge in [-0.2, -0.15) is 0 Å². The number of halogens is 2. The highest BCUT2D eigenvalue weighted by Crippen LogP contribution is 2.33. The average molecular weight is 583 g/mol. The number of nitrogens with zero attached hydrogens (tertiary/aromatic N) is 2. The van der Waals surface area contributed by atoms with E-state index in [9.17, 15) is 12.8 Å². The zero-order valence-corrected chi connectivity index (χ0v) is 23.3. The van der Waals surface area contributed by atoms with Crippen LogP contribution < -0.4 is 15.4 Å². The molecule has 1 aromatic heterocycles. The van der Waals surface area contributed by atoms with Gasteiger partial charge in [0, 0.05) is 30.4 Å². The molecule has 40 heavy (non-hydrogen) atoms. The van der Waals surface area contributed by atoms with Crippen LogP contribution in [-0.4, -0.2) is 49.6 Å². The van der Waals surface area contributed by atoms with Crippen LogP contribution in [0.4, 0.5) is 15.9 Å². The minimum atomic E-state index is -3.00. The van der Waals surface area contributed by atoms with Gasteiger partial charge in [-0.3, -0.25) is 0 Å². The summed E-state index contributed by atoms with van der Waals surface area (Å²) in [5.74, 6) is 0.860. The molecular weight excluding hydrogens is 555 g/mol. The van der Waals surface area contributed by atoms with Gasteiger partial charge in [-0.1, -0.05) is 42.0 Å². The molecule has 0 amide bonds. The molecule has 2 atom stereocenters. The van der Waals surface area contributed by atoms with Gasteiger partial charge in [0.05, 0.1) is 22.4 Å². The molecule has 0 radical (unpaired) electrons. The largest absolute Gasteiger partial charge is 0.487 e. The molecule has 4 aromatic rings. The highest BCUT2D eigenvalue weighted by molar-refractivity contribution is 7.90. The first-order chi connectivity index (χ1) is 19.2. The quantitative estimate of drug-likeness (QED) is 0.180. The summed E-state index contributed by atoms with van der Waals surface area (Å²) >= 11 is 6.47. The van der Waals surface area contributed by atoms with Crippen LogP contribution in [0.2, 0.25) is 5.02 Å². The summed E-state index contributed by atoms with van der Waals surface area (Å²) in [6, 6.07) is 17.4. The number of ether oxygens (including phenoxy) is 2. The fourth-order valence-electron chi connectivity index (χ4n) is 4.28. The maximum Gasteiger partial charge on any atom is 0.148 e. The molecule has 11 heteroatoms. The molecule has 0 saturated heterocycles. The number of sulfone groups is 1. The highest BCUT2D eigenvalue weighted by Gasteiger charge is 2.21. The Balaban J connectivity index is 1.25. The van der Waals surface area contributed by atoms with Crippen LogP contribution in [0.15, 0.2) is 79.1 Å². The molecule has 5 rings (SSSR count). The zero-order chi connectivity index (χ0) is 28.1. The monoisotopic (exact) mass is 582 g/mol. The van der Waals surface area contributed by atoms with E-state index in [-0.39, 0.29) is 30.4 Å². The number of rotatable bonds is 11. The summed E-state index contributed by atoms with van der Waals surface area (Å²) in [7, 11) is -3.00. The van der Waals surface area contributed by atoms with Gasteiger partial charge >= 0.3 is 0 Å². The Morgan fingerprint density at radius 1 is 1.07 bits per heavy atom. The number of benzene rings is 3. The molecular formula is C29H28ClFN4O4S. The highest BCUT2D eigenvalue weighted by atomic mass is 35.5. The second-order valence-corrected chi connectivity index (χ2v) is 12.2. The fourth-order valence-corrected chi connectivity index (χ4v) is 5.03. The van der Waals surface area contributed by atoms with Crippen molar-refractivity contribution in [3.05, 3.63) is 101 Å². The Bertz CT molecular complexity index is 1650. The van der Waals surface area contributed by atoms with Crippen LogP contribution in [0, 0.1) is 5.82 Å². The lowest BCUT2D eigenvalue weighted by atomic mass is 10.1. The van der Waals surface area contributed by atoms with Crippen molar-refractivity contribution in [2.45, 2.75) is 18.8 Å². The smallest absolute Gasteiger partial charge is 0.148 e. The van der Waals surface area contributed by atoms with Crippen LogP contribution in [0.25, 0.3) is 10.9 Å². The van der Waals surface area contributed by atoms with E-state index in [0.29, 0.717) is 40.9 Å². The second-order valence-electron chi connectivity index (χ2n) is 9.50. The first kappa shape index (κ1) is 28.0. The van der Waals surface area contributed by atoms with E-state index in [2.05, 4.69) is 20.6 Å². The molecule has 2 heterocycles. The van der Waals surface area contributed by atoms with Crippen molar-refractivity contribution in [3.8, 4) is 5.75 Å². The Hall–Kier alpha value is -3.57. The van der Waals surface area contributed by atoms with E-state index >= 15 is 0 Å². The minimum Gasteiger partial charge on any atom is -0.487 e. The van der Waals surface area contributed by atoms with E-state index in [4.69, 9.17) is 21.1 Å². The van der Waals surface area contributed by atoms with Crippen LogP contribution in [0.1, 0.15) is 17.2 Å². The SMILES string of the molecule is CS(=O)(=O)CCNCC1C=CC(c2ccc3ncnc(Nc4ccc(OCc5cccc(F)c5)c(Cl)c4)c3c2)O1. The lowest BCUT2D eigenvalue weighted by Crippen LogP contribution is -2.30. The lowest BCUT2D eigenvalue weighted by molar-refractivity contribution is 0.0610. The first-order valence-corrected chi connectivity index (χ1v) is 15.1. The van der Waals surface area contributed by atoms with Gasteiger partial charge < -0.3 is 20.1 Å².